The molecule has 0 atom stereocenters. The molecule has 6 nitrogen and oxygen atoms in total. The average Bonchev–Trinajstić information content (AvgIpc) is 3.30. The maximum absolute atomic E-state index is 12.8. The molecule has 4 rings (SSSR count). The highest BCUT2D eigenvalue weighted by Crippen LogP contribution is 2.35. The summed E-state index contributed by atoms with van der Waals surface area (Å²) in [6.45, 7) is 2.78. The van der Waals surface area contributed by atoms with Crippen LogP contribution < -0.4 is 15.3 Å². The highest BCUT2D eigenvalue weighted by molar-refractivity contribution is 7.12. The van der Waals surface area contributed by atoms with Gasteiger partial charge in [0.1, 0.15) is 16.5 Å². The Kier molecular flexibility index (Phi) is 4.81. The largest absolute Gasteiger partial charge is 0.497 e. The summed E-state index contributed by atoms with van der Waals surface area (Å²) in [5.74, 6) is 1.46. The molecule has 1 aromatic carbocycles. The molecule has 0 saturated carbocycles. The second-order valence-electron chi connectivity index (χ2n) is 6.69. The Hall–Kier alpha value is -2.88. The number of aryl methyl sites for hydroxylation is 1. The minimum absolute atomic E-state index is 0.00309. The molecule has 152 valence electrons. The SMILES string of the molecule is COc1ccc2c(c1)CN(c1nc(C)n(Cc3ccc(C(F)(F)F)s3)c(=O)n1)C2. The van der Waals surface area contributed by atoms with Crippen molar-refractivity contribution in [1.82, 2.24) is 14.5 Å². The number of hydrogen-bond acceptors (Lipinski definition) is 6. The van der Waals surface area contributed by atoms with Crippen LogP contribution in [0.2, 0.25) is 0 Å². The van der Waals surface area contributed by atoms with E-state index in [0.29, 0.717) is 41.1 Å². The van der Waals surface area contributed by atoms with Gasteiger partial charge in [-0.2, -0.15) is 23.1 Å². The number of anilines is 1. The van der Waals surface area contributed by atoms with Crippen LogP contribution in [0.25, 0.3) is 0 Å². The molecule has 3 heterocycles. The van der Waals surface area contributed by atoms with E-state index >= 15 is 0 Å². The number of nitrogens with zero attached hydrogens (tertiary/aromatic N) is 4. The maximum atomic E-state index is 12.8. The molecular formula is C19H17F3N4O2S. The first-order valence-corrected chi connectivity index (χ1v) is 9.58. The zero-order chi connectivity index (χ0) is 20.8. The van der Waals surface area contributed by atoms with E-state index in [2.05, 4.69) is 9.97 Å². The van der Waals surface area contributed by atoms with Crippen LogP contribution >= 0.6 is 11.3 Å². The summed E-state index contributed by atoms with van der Waals surface area (Å²) in [4.78, 5) is 22.6. The fraction of sp³-hybridized carbons (Fsp3) is 0.316. The number of alkyl halides is 3. The fourth-order valence-corrected chi connectivity index (χ4v) is 4.11. The summed E-state index contributed by atoms with van der Waals surface area (Å²) in [7, 11) is 1.60. The monoisotopic (exact) mass is 422 g/mol. The van der Waals surface area contributed by atoms with E-state index in [1.807, 2.05) is 23.1 Å². The van der Waals surface area contributed by atoms with Gasteiger partial charge in [-0.05, 0) is 42.3 Å². The van der Waals surface area contributed by atoms with Gasteiger partial charge in [-0.3, -0.25) is 4.57 Å². The summed E-state index contributed by atoms with van der Waals surface area (Å²) in [5, 5.41) is 0. The predicted molar refractivity (Wildman–Crippen MR) is 102 cm³/mol. The Balaban J connectivity index is 1.57. The highest BCUT2D eigenvalue weighted by Gasteiger charge is 2.32. The third-order valence-corrected chi connectivity index (χ3v) is 5.87. The van der Waals surface area contributed by atoms with Gasteiger partial charge in [0.2, 0.25) is 5.95 Å². The second kappa shape index (κ2) is 7.18. The van der Waals surface area contributed by atoms with Crippen molar-refractivity contribution in [2.24, 2.45) is 0 Å². The molecule has 2 aromatic heterocycles. The van der Waals surface area contributed by atoms with E-state index in [0.717, 1.165) is 22.9 Å². The second-order valence-corrected chi connectivity index (χ2v) is 7.86. The molecule has 10 heteroatoms. The van der Waals surface area contributed by atoms with Crippen LogP contribution in [0.3, 0.4) is 0 Å². The van der Waals surface area contributed by atoms with Gasteiger partial charge in [-0.1, -0.05) is 6.07 Å². The van der Waals surface area contributed by atoms with Gasteiger partial charge in [-0.25, -0.2) is 4.79 Å². The summed E-state index contributed by atoms with van der Waals surface area (Å²) in [5.41, 5.74) is 1.64. The quantitative estimate of drug-likeness (QED) is 0.643. The van der Waals surface area contributed by atoms with Gasteiger partial charge in [0, 0.05) is 18.0 Å². The summed E-state index contributed by atoms with van der Waals surface area (Å²) < 4.78 is 44.9. The van der Waals surface area contributed by atoms with Crippen LogP contribution in [0.5, 0.6) is 5.75 Å². The molecule has 0 radical (unpaired) electrons. The van der Waals surface area contributed by atoms with Gasteiger partial charge in [0.05, 0.1) is 13.7 Å². The lowest BCUT2D eigenvalue weighted by molar-refractivity contribution is -0.134. The van der Waals surface area contributed by atoms with Gasteiger partial charge >= 0.3 is 11.9 Å². The van der Waals surface area contributed by atoms with Crippen LogP contribution in [0.1, 0.15) is 26.7 Å². The van der Waals surface area contributed by atoms with E-state index < -0.39 is 16.7 Å². The van der Waals surface area contributed by atoms with Crippen molar-refractivity contribution in [3.8, 4) is 5.75 Å². The minimum Gasteiger partial charge on any atom is -0.497 e. The van der Waals surface area contributed by atoms with Gasteiger partial charge in [0.15, 0.2) is 0 Å². The number of thiophene rings is 1. The molecule has 0 fully saturated rings. The van der Waals surface area contributed by atoms with E-state index in [-0.39, 0.29) is 6.54 Å². The van der Waals surface area contributed by atoms with Crippen molar-refractivity contribution >= 4 is 17.3 Å². The topological polar surface area (TPSA) is 60.2 Å². The zero-order valence-corrected chi connectivity index (χ0v) is 16.5. The van der Waals surface area contributed by atoms with E-state index in [9.17, 15) is 18.0 Å². The van der Waals surface area contributed by atoms with Crippen LogP contribution in [0, 0.1) is 6.92 Å². The molecule has 1 aliphatic heterocycles. The predicted octanol–water partition coefficient (Wildman–Crippen LogP) is 3.60. The van der Waals surface area contributed by atoms with Gasteiger partial charge in [-0.15, -0.1) is 11.3 Å². The number of ether oxygens (including phenoxy) is 1. The Labute approximate surface area is 168 Å². The molecule has 0 saturated heterocycles. The first kappa shape index (κ1) is 19.4. The van der Waals surface area contributed by atoms with E-state index in [1.54, 1.807) is 14.0 Å². The average molecular weight is 422 g/mol. The lowest BCUT2D eigenvalue weighted by Gasteiger charge is -2.17. The third kappa shape index (κ3) is 3.84. The molecule has 0 amide bonds. The molecule has 0 spiro atoms. The molecular weight excluding hydrogens is 405 g/mol. The first-order chi connectivity index (χ1) is 13.7. The molecule has 0 N–H and O–H groups in total. The van der Waals surface area contributed by atoms with E-state index in [4.69, 9.17) is 4.74 Å². The number of benzene rings is 1. The standard InChI is InChI=1S/C19H17F3N4O2S/c1-11-23-17(25-8-12-3-4-14(28-2)7-13(12)9-25)24-18(27)26(11)10-15-5-6-16(29-15)19(20,21)22/h3-7H,8-10H2,1-2H3. The number of halogens is 3. The smallest absolute Gasteiger partial charge is 0.425 e. The number of methoxy groups -OCH3 is 1. The van der Waals surface area contributed by atoms with Crippen molar-refractivity contribution < 1.29 is 17.9 Å². The van der Waals surface area contributed by atoms with Crippen LogP contribution in [-0.2, 0) is 25.8 Å². The Bertz CT molecular complexity index is 1120. The number of hydrogen-bond donors (Lipinski definition) is 0. The van der Waals surface area contributed by atoms with Crippen molar-refractivity contribution in [1.29, 1.82) is 0 Å². The van der Waals surface area contributed by atoms with Crippen LogP contribution in [-0.4, -0.2) is 21.6 Å². The first-order valence-electron chi connectivity index (χ1n) is 8.77. The normalized spacial score (nSPS) is 13.6. The van der Waals surface area contributed by atoms with Gasteiger partial charge < -0.3 is 9.64 Å². The Morgan fingerprint density at radius 3 is 2.55 bits per heavy atom. The highest BCUT2D eigenvalue weighted by atomic mass is 32.1. The Morgan fingerprint density at radius 1 is 1.14 bits per heavy atom. The fourth-order valence-electron chi connectivity index (χ4n) is 3.25. The number of fused-ring (bicyclic) bond motifs is 1. The summed E-state index contributed by atoms with van der Waals surface area (Å²) in [6.07, 6.45) is -4.39. The van der Waals surface area contributed by atoms with Crippen LogP contribution in [0.4, 0.5) is 19.1 Å². The molecule has 0 unspecified atom stereocenters. The van der Waals surface area contributed by atoms with Crippen molar-refractivity contribution in [2.75, 3.05) is 12.0 Å². The molecule has 3 aromatic rings. The Morgan fingerprint density at radius 2 is 1.90 bits per heavy atom. The maximum Gasteiger partial charge on any atom is 0.425 e. The van der Waals surface area contributed by atoms with Crippen molar-refractivity contribution in [3.63, 3.8) is 0 Å². The molecule has 0 bridgehead atoms. The summed E-state index contributed by atoms with van der Waals surface area (Å²) >= 11 is 0.614. The number of rotatable bonds is 4. The summed E-state index contributed by atoms with van der Waals surface area (Å²) in [6, 6.07) is 8.18. The number of aromatic nitrogens is 3. The van der Waals surface area contributed by atoms with Crippen molar-refractivity contribution in [2.45, 2.75) is 32.7 Å². The lowest BCUT2D eigenvalue weighted by atomic mass is 10.1. The molecule has 1 aliphatic rings. The van der Waals surface area contributed by atoms with E-state index in [1.165, 1.54) is 10.6 Å². The van der Waals surface area contributed by atoms with Gasteiger partial charge in [0.25, 0.3) is 0 Å². The lowest BCUT2D eigenvalue weighted by Crippen LogP contribution is -2.30. The minimum atomic E-state index is -4.39. The molecule has 0 aliphatic carbocycles. The van der Waals surface area contributed by atoms with Crippen molar-refractivity contribution in [3.05, 3.63) is 67.5 Å². The molecule has 29 heavy (non-hydrogen) atoms. The third-order valence-electron chi connectivity index (χ3n) is 4.75. The van der Waals surface area contributed by atoms with Crippen LogP contribution in [0.15, 0.2) is 35.1 Å². The zero-order valence-electron chi connectivity index (χ0n) is 15.7.